The van der Waals surface area contributed by atoms with Crippen LogP contribution >= 0.6 is 0 Å². The first kappa shape index (κ1) is 19.5. The number of aromatic nitrogens is 1. The van der Waals surface area contributed by atoms with Crippen molar-refractivity contribution in [2.45, 2.75) is 19.4 Å². The molecule has 0 saturated heterocycles. The monoisotopic (exact) mass is 372 g/mol. The molecule has 0 radical (unpaired) electrons. The van der Waals surface area contributed by atoms with Gasteiger partial charge in [0, 0.05) is 30.4 Å². The normalized spacial score (nSPS) is 11.7. The van der Waals surface area contributed by atoms with Crippen molar-refractivity contribution in [3.05, 3.63) is 58.5 Å². The number of halogens is 1. The first-order chi connectivity index (χ1) is 13.2. The number of hydrogen-bond acceptors (Lipinski definition) is 4. The number of pyridine rings is 1. The van der Waals surface area contributed by atoms with E-state index in [9.17, 15) is 9.18 Å². The first-order valence-electron chi connectivity index (χ1n) is 9.30. The third-order valence-corrected chi connectivity index (χ3v) is 4.87. The number of hydrogen-bond donors (Lipinski definition) is 2. The number of benzene rings is 2. The summed E-state index contributed by atoms with van der Waals surface area (Å²) in [6, 6.07) is 11.8. The molecule has 1 aromatic heterocycles. The fourth-order valence-electron chi connectivity index (χ4n) is 3.57. The summed E-state index contributed by atoms with van der Waals surface area (Å²) in [5, 5.41) is 19.2. The van der Waals surface area contributed by atoms with Gasteiger partial charge in [-0.25, -0.2) is 4.39 Å². The third-order valence-electron chi connectivity index (χ3n) is 4.87. The van der Waals surface area contributed by atoms with E-state index in [0.29, 0.717) is 30.4 Å². The van der Waals surface area contributed by atoms with Crippen LogP contribution in [0.3, 0.4) is 0 Å². The van der Waals surface area contributed by atoms with Crippen molar-refractivity contribution < 1.29 is 14.6 Å². The molecule has 2 N–H and O–H groups in total. The predicted octanol–water partition coefficient (Wildman–Crippen LogP) is 2.36. The van der Waals surface area contributed by atoms with Gasteiger partial charge in [-0.15, -0.1) is 0 Å². The average Bonchev–Trinajstić information content (AvgIpc) is 2.68. The highest BCUT2D eigenvalue weighted by atomic mass is 19.1. The second kappa shape index (κ2) is 9.08. The Balaban J connectivity index is 1.86. The summed E-state index contributed by atoms with van der Waals surface area (Å²) in [5.41, 5.74) is 1.44. The smallest absolute Gasteiger partial charge is 0.197 e. The zero-order chi connectivity index (χ0) is 19.2. The second-order valence-corrected chi connectivity index (χ2v) is 6.66. The molecule has 0 bridgehead atoms. The van der Waals surface area contributed by atoms with Crippen LogP contribution in [0.4, 0.5) is 4.39 Å². The summed E-state index contributed by atoms with van der Waals surface area (Å²) in [6.07, 6.45) is 1.76. The van der Waals surface area contributed by atoms with E-state index in [2.05, 4.69) is 4.57 Å². The Morgan fingerprint density at radius 1 is 0.889 bits per heavy atom. The van der Waals surface area contributed by atoms with Gasteiger partial charge >= 0.3 is 0 Å². The first-order valence-corrected chi connectivity index (χ1v) is 9.30. The Morgan fingerprint density at radius 2 is 1.59 bits per heavy atom. The number of fused-ring (bicyclic) bond motifs is 2. The lowest BCUT2D eigenvalue weighted by atomic mass is 10.1. The minimum atomic E-state index is -0.412. The van der Waals surface area contributed by atoms with Gasteiger partial charge < -0.3 is 14.8 Å². The molecule has 6 heteroatoms. The van der Waals surface area contributed by atoms with E-state index in [1.807, 2.05) is 23.1 Å². The predicted molar refractivity (Wildman–Crippen MR) is 106 cm³/mol. The molecule has 0 spiro atoms. The van der Waals surface area contributed by atoms with Gasteiger partial charge in [0.1, 0.15) is 5.82 Å². The number of aliphatic hydroxyl groups excluding tert-OH is 2. The maximum Gasteiger partial charge on any atom is 0.197 e. The molecule has 0 amide bonds. The highest BCUT2D eigenvalue weighted by Crippen LogP contribution is 2.20. The fraction of sp³-hybridized carbons (Fsp3) is 0.381. The van der Waals surface area contributed by atoms with Gasteiger partial charge in [-0.2, -0.15) is 0 Å². The number of aryl methyl sites for hydroxylation is 1. The van der Waals surface area contributed by atoms with Crippen molar-refractivity contribution in [2.75, 3.05) is 32.8 Å². The van der Waals surface area contributed by atoms with Gasteiger partial charge in [-0.1, -0.05) is 12.1 Å². The van der Waals surface area contributed by atoms with E-state index in [-0.39, 0.29) is 18.6 Å². The standard InChI is InChI=1S/C21H25FN2O3/c22-16-7-8-20-18(15-16)21(27)17-5-1-2-6-19(17)24(20)10-4-3-9-23(11-13-25)12-14-26/h1-2,5-8,15,25-26H,3-4,9-14H2. The quantitative estimate of drug-likeness (QED) is 0.447. The molecule has 1 heterocycles. The maximum atomic E-state index is 13.7. The van der Waals surface area contributed by atoms with E-state index >= 15 is 0 Å². The lowest BCUT2D eigenvalue weighted by Gasteiger charge is -2.20. The SMILES string of the molecule is O=c1c2ccccc2n(CCCCN(CCO)CCO)c2ccc(F)cc12. The number of para-hydroxylation sites is 1. The minimum Gasteiger partial charge on any atom is -0.395 e. The summed E-state index contributed by atoms with van der Waals surface area (Å²) in [7, 11) is 0. The number of aliphatic hydroxyl groups is 2. The summed E-state index contributed by atoms with van der Waals surface area (Å²) in [6.45, 7) is 2.72. The summed E-state index contributed by atoms with van der Waals surface area (Å²) in [5.74, 6) is -0.412. The molecular formula is C21H25FN2O3. The van der Waals surface area contributed by atoms with Gasteiger partial charge in [-0.3, -0.25) is 9.69 Å². The number of unbranched alkanes of at least 4 members (excludes halogenated alkanes) is 1. The van der Waals surface area contributed by atoms with Crippen LogP contribution in [0.5, 0.6) is 0 Å². The van der Waals surface area contributed by atoms with Crippen molar-refractivity contribution in [1.82, 2.24) is 9.47 Å². The molecule has 3 aromatic rings. The van der Waals surface area contributed by atoms with Crippen LogP contribution in [0.2, 0.25) is 0 Å². The number of nitrogens with zero attached hydrogens (tertiary/aromatic N) is 2. The van der Waals surface area contributed by atoms with Crippen molar-refractivity contribution in [3.63, 3.8) is 0 Å². The molecule has 0 aliphatic heterocycles. The molecule has 0 atom stereocenters. The Labute approximate surface area is 157 Å². The molecule has 5 nitrogen and oxygen atoms in total. The zero-order valence-electron chi connectivity index (χ0n) is 15.3. The second-order valence-electron chi connectivity index (χ2n) is 6.66. The van der Waals surface area contributed by atoms with E-state index in [1.54, 1.807) is 12.1 Å². The van der Waals surface area contributed by atoms with Gasteiger partial charge in [-0.05, 0) is 49.7 Å². The van der Waals surface area contributed by atoms with Gasteiger partial charge in [0.15, 0.2) is 5.43 Å². The lowest BCUT2D eigenvalue weighted by molar-refractivity contribution is 0.159. The van der Waals surface area contributed by atoms with E-state index in [1.165, 1.54) is 12.1 Å². The lowest BCUT2D eigenvalue weighted by Crippen LogP contribution is -2.31. The number of rotatable bonds is 9. The summed E-state index contributed by atoms with van der Waals surface area (Å²) < 4.78 is 15.8. The topological polar surface area (TPSA) is 65.7 Å². The van der Waals surface area contributed by atoms with E-state index in [4.69, 9.17) is 10.2 Å². The van der Waals surface area contributed by atoms with Gasteiger partial charge in [0.25, 0.3) is 0 Å². The van der Waals surface area contributed by atoms with Crippen molar-refractivity contribution >= 4 is 21.8 Å². The van der Waals surface area contributed by atoms with Gasteiger partial charge in [0.2, 0.25) is 0 Å². The fourth-order valence-corrected chi connectivity index (χ4v) is 3.57. The molecule has 0 fully saturated rings. The van der Waals surface area contributed by atoms with Crippen LogP contribution in [0.1, 0.15) is 12.8 Å². The molecular weight excluding hydrogens is 347 g/mol. The molecule has 0 unspecified atom stereocenters. The van der Waals surface area contributed by atoms with E-state index in [0.717, 1.165) is 30.4 Å². The molecule has 0 aliphatic rings. The van der Waals surface area contributed by atoms with Crippen LogP contribution in [0.15, 0.2) is 47.3 Å². The molecule has 3 rings (SSSR count). The van der Waals surface area contributed by atoms with Crippen LogP contribution in [0.25, 0.3) is 21.8 Å². The Bertz CT molecular complexity index is 965. The van der Waals surface area contributed by atoms with Crippen LogP contribution in [-0.4, -0.2) is 52.5 Å². The van der Waals surface area contributed by atoms with Crippen LogP contribution < -0.4 is 5.43 Å². The molecule has 2 aromatic carbocycles. The van der Waals surface area contributed by atoms with Crippen molar-refractivity contribution in [3.8, 4) is 0 Å². The Kier molecular flexibility index (Phi) is 6.55. The maximum absolute atomic E-state index is 13.7. The minimum absolute atomic E-state index is 0.0700. The van der Waals surface area contributed by atoms with Gasteiger partial charge in [0.05, 0.1) is 24.2 Å². The van der Waals surface area contributed by atoms with Crippen molar-refractivity contribution in [2.24, 2.45) is 0 Å². The molecule has 27 heavy (non-hydrogen) atoms. The Hall–Kier alpha value is -2.28. The highest BCUT2D eigenvalue weighted by molar-refractivity contribution is 5.93. The third kappa shape index (κ3) is 4.35. The van der Waals surface area contributed by atoms with E-state index < -0.39 is 5.82 Å². The average molecular weight is 372 g/mol. The molecule has 0 aliphatic carbocycles. The zero-order valence-corrected chi connectivity index (χ0v) is 15.3. The van der Waals surface area contributed by atoms with Crippen LogP contribution in [-0.2, 0) is 6.54 Å². The summed E-state index contributed by atoms with van der Waals surface area (Å²) >= 11 is 0. The summed E-state index contributed by atoms with van der Waals surface area (Å²) in [4.78, 5) is 14.7. The van der Waals surface area contributed by atoms with Crippen LogP contribution in [0, 0.1) is 5.82 Å². The molecule has 0 saturated carbocycles. The molecule has 144 valence electrons. The highest BCUT2D eigenvalue weighted by Gasteiger charge is 2.11. The Morgan fingerprint density at radius 3 is 2.33 bits per heavy atom. The van der Waals surface area contributed by atoms with Crippen molar-refractivity contribution in [1.29, 1.82) is 0 Å². The largest absolute Gasteiger partial charge is 0.395 e.